The van der Waals surface area contributed by atoms with Crippen LogP contribution in [0.3, 0.4) is 0 Å². The highest BCUT2D eigenvalue weighted by Crippen LogP contribution is 2.37. The van der Waals surface area contributed by atoms with Gasteiger partial charge in [0.1, 0.15) is 0 Å². The van der Waals surface area contributed by atoms with Gasteiger partial charge >= 0.3 is 12.1 Å². The molecule has 0 amide bonds. The molecule has 1 aromatic carbocycles. The number of nitrogens with zero attached hydrogens (tertiary/aromatic N) is 3. The second kappa shape index (κ2) is 8.21. The highest BCUT2D eigenvalue weighted by molar-refractivity contribution is 5.71. The first-order chi connectivity index (χ1) is 11.8. The normalized spacial score (nSPS) is 16.2. The third-order valence-corrected chi connectivity index (χ3v) is 4.02. The summed E-state index contributed by atoms with van der Waals surface area (Å²) in [6.07, 6.45) is -3.89. The molecule has 1 aliphatic heterocycles. The zero-order valence-corrected chi connectivity index (χ0v) is 14.0. The summed E-state index contributed by atoms with van der Waals surface area (Å²) in [7, 11) is 0. The van der Waals surface area contributed by atoms with Crippen LogP contribution in [0.4, 0.5) is 18.9 Å². The van der Waals surface area contributed by atoms with Crippen LogP contribution >= 0.6 is 0 Å². The first-order valence-corrected chi connectivity index (χ1v) is 8.09. The molecule has 0 aromatic heterocycles. The molecule has 8 heteroatoms. The monoisotopic (exact) mass is 355 g/mol. The predicted molar refractivity (Wildman–Crippen MR) is 86.1 cm³/mol. The number of benzene rings is 1. The number of halogens is 3. The zero-order chi connectivity index (χ0) is 18.4. The number of nitriles is 1. The van der Waals surface area contributed by atoms with Gasteiger partial charge in [-0.15, -0.1) is 0 Å². The van der Waals surface area contributed by atoms with Gasteiger partial charge in [-0.3, -0.25) is 9.69 Å². The lowest BCUT2D eigenvalue weighted by molar-refractivity contribution is -0.144. The molecule has 1 saturated heterocycles. The number of hydrogen-bond donors (Lipinski definition) is 0. The second-order valence-corrected chi connectivity index (χ2v) is 5.76. The van der Waals surface area contributed by atoms with Crippen molar-refractivity contribution >= 4 is 11.7 Å². The third kappa shape index (κ3) is 5.10. The maximum Gasteiger partial charge on any atom is 0.418 e. The molecule has 5 nitrogen and oxygen atoms in total. The minimum absolute atomic E-state index is 0.0187. The quantitative estimate of drug-likeness (QED) is 0.777. The fourth-order valence-corrected chi connectivity index (χ4v) is 2.87. The van der Waals surface area contributed by atoms with Crippen molar-refractivity contribution in [2.45, 2.75) is 19.5 Å². The molecule has 1 fully saturated rings. The number of esters is 1. The van der Waals surface area contributed by atoms with Gasteiger partial charge in [0.25, 0.3) is 0 Å². The summed E-state index contributed by atoms with van der Waals surface area (Å²) < 4.78 is 45.0. The van der Waals surface area contributed by atoms with Crippen LogP contribution in [0.1, 0.15) is 24.5 Å². The first kappa shape index (κ1) is 19.1. The predicted octanol–water partition coefficient (Wildman–Crippen LogP) is 2.65. The highest BCUT2D eigenvalue weighted by atomic mass is 19.4. The summed E-state index contributed by atoms with van der Waals surface area (Å²) in [5.41, 5.74) is -0.746. The molecule has 0 saturated carbocycles. The molecule has 1 aliphatic rings. The number of ether oxygens (including phenoxy) is 1. The molecule has 0 N–H and O–H groups in total. The van der Waals surface area contributed by atoms with Crippen LogP contribution in [-0.4, -0.2) is 50.2 Å². The molecule has 0 radical (unpaired) electrons. The van der Waals surface area contributed by atoms with E-state index in [-0.39, 0.29) is 23.8 Å². The van der Waals surface area contributed by atoms with Crippen LogP contribution in [0.2, 0.25) is 0 Å². The van der Waals surface area contributed by atoms with E-state index >= 15 is 0 Å². The number of alkyl halides is 3. The summed E-state index contributed by atoms with van der Waals surface area (Å²) in [6.45, 7) is 4.08. The van der Waals surface area contributed by atoms with Crippen molar-refractivity contribution < 1.29 is 22.7 Å². The Morgan fingerprint density at radius 1 is 1.28 bits per heavy atom. The first-order valence-electron chi connectivity index (χ1n) is 8.09. The van der Waals surface area contributed by atoms with E-state index in [2.05, 4.69) is 0 Å². The van der Waals surface area contributed by atoms with E-state index in [0.29, 0.717) is 39.2 Å². The summed E-state index contributed by atoms with van der Waals surface area (Å²) in [5.74, 6) is -0.328. The van der Waals surface area contributed by atoms with Crippen molar-refractivity contribution in [3.8, 4) is 6.07 Å². The summed E-state index contributed by atoms with van der Waals surface area (Å²) >= 11 is 0. The van der Waals surface area contributed by atoms with Gasteiger partial charge in [-0.25, -0.2) is 0 Å². The Hall–Kier alpha value is -2.27. The Bertz CT molecular complexity index is 656. The minimum Gasteiger partial charge on any atom is -0.465 e. The van der Waals surface area contributed by atoms with Gasteiger partial charge in [-0.05, 0) is 31.5 Å². The van der Waals surface area contributed by atoms with Gasteiger partial charge in [-0.1, -0.05) is 0 Å². The maximum absolute atomic E-state index is 13.3. The standard InChI is InChI=1S/C17H20F3N3O2/c1-2-25-16(24)12-22-6-3-7-23(9-8-22)15-5-4-13(11-21)10-14(15)17(18,19)20/h4-5,10H,2-3,6-9,12H2,1H3. The van der Waals surface area contributed by atoms with Crippen molar-refractivity contribution in [3.05, 3.63) is 29.3 Å². The molecule has 0 bridgehead atoms. The topological polar surface area (TPSA) is 56.6 Å². The number of carbonyl (C=O) groups is 1. The van der Waals surface area contributed by atoms with Crippen LogP contribution in [0, 0.1) is 11.3 Å². The largest absolute Gasteiger partial charge is 0.465 e. The van der Waals surface area contributed by atoms with Crippen LogP contribution < -0.4 is 4.90 Å². The number of anilines is 1. The van der Waals surface area contributed by atoms with Gasteiger partial charge in [0.05, 0.1) is 30.3 Å². The van der Waals surface area contributed by atoms with E-state index in [1.807, 2.05) is 4.90 Å². The molecule has 0 spiro atoms. The van der Waals surface area contributed by atoms with E-state index in [0.717, 1.165) is 6.07 Å². The van der Waals surface area contributed by atoms with E-state index in [4.69, 9.17) is 10.00 Å². The second-order valence-electron chi connectivity index (χ2n) is 5.76. The Morgan fingerprint density at radius 3 is 2.68 bits per heavy atom. The number of hydrogen-bond acceptors (Lipinski definition) is 5. The van der Waals surface area contributed by atoms with Crippen molar-refractivity contribution in [1.29, 1.82) is 5.26 Å². The minimum atomic E-state index is -4.53. The SMILES string of the molecule is CCOC(=O)CN1CCCN(c2ccc(C#N)cc2C(F)(F)F)CC1. The lowest BCUT2D eigenvalue weighted by Crippen LogP contribution is -2.35. The highest BCUT2D eigenvalue weighted by Gasteiger charge is 2.35. The van der Waals surface area contributed by atoms with Crippen LogP contribution in [-0.2, 0) is 15.7 Å². The summed E-state index contributed by atoms with van der Waals surface area (Å²) in [6, 6.07) is 5.37. The Balaban J connectivity index is 2.15. The molecule has 1 aromatic rings. The van der Waals surface area contributed by atoms with Gasteiger partial charge in [0, 0.05) is 31.9 Å². The van der Waals surface area contributed by atoms with Crippen molar-refractivity contribution in [1.82, 2.24) is 4.90 Å². The molecule has 0 aliphatic carbocycles. The van der Waals surface area contributed by atoms with Crippen molar-refractivity contribution in [2.24, 2.45) is 0 Å². The molecule has 0 unspecified atom stereocenters. The van der Waals surface area contributed by atoms with Gasteiger partial charge in [0.2, 0.25) is 0 Å². The van der Waals surface area contributed by atoms with Gasteiger partial charge in [-0.2, -0.15) is 18.4 Å². The van der Waals surface area contributed by atoms with E-state index in [9.17, 15) is 18.0 Å². The smallest absolute Gasteiger partial charge is 0.418 e. The molecular weight excluding hydrogens is 335 g/mol. The Labute approximate surface area is 144 Å². The van der Waals surface area contributed by atoms with Gasteiger partial charge < -0.3 is 9.64 Å². The average molecular weight is 355 g/mol. The number of rotatable bonds is 4. The van der Waals surface area contributed by atoms with E-state index in [1.165, 1.54) is 12.1 Å². The molecule has 2 rings (SSSR count). The van der Waals surface area contributed by atoms with Crippen LogP contribution in [0.15, 0.2) is 18.2 Å². The molecule has 25 heavy (non-hydrogen) atoms. The Kier molecular flexibility index (Phi) is 6.26. The van der Waals surface area contributed by atoms with E-state index < -0.39 is 11.7 Å². The third-order valence-electron chi connectivity index (χ3n) is 4.02. The lowest BCUT2D eigenvalue weighted by Gasteiger charge is -2.26. The maximum atomic E-state index is 13.3. The fourth-order valence-electron chi connectivity index (χ4n) is 2.87. The molecular formula is C17H20F3N3O2. The van der Waals surface area contributed by atoms with Crippen molar-refractivity contribution in [2.75, 3.05) is 44.2 Å². The van der Waals surface area contributed by atoms with Crippen LogP contribution in [0.25, 0.3) is 0 Å². The molecule has 0 atom stereocenters. The summed E-state index contributed by atoms with van der Waals surface area (Å²) in [4.78, 5) is 15.1. The van der Waals surface area contributed by atoms with E-state index in [1.54, 1.807) is 17.9 Å². The summed E-state index contributed by atoms with van der Waals surface area (Å²) in [5, 5.41) is 8.85. The molecule has 136 valence electrons. The average Bonchev–Trinajstić information content (AvgIpc) is 2.79. The van der Waals surface area contributed by atoms with Crippen LogP contribution in [0.5, 0.6) is 0 Å². The van der Waals surface area contributed by atoms with Crippen molar-refractivity contribution in [3.63, 3.8) is 0 Å². The lowest BCUT2D eigenvalue weighted by atomic mass is 10.1. The van der Waals surface area contributed by atoms with Gasteiger partial charge in [0.15, 0.2) is 0 Å². The number of carbonyl (C=O) groups excluding carboxylic acids is 1. The molecule has 1 heterocycles. The zero-order valence-electron chi connectivity index (χ0n) is 14.0. The Morgan fingerprint density at radius 2 is 2.04 bits per heavy atom. The fraction of sp³-hybridized carbons (Fsp3) is 0.529.